The summed E-state index contributed by atoms with van der Waals surface area (Å²) in [5.74, 6) is 1.08. The SMILES string of the molecule is COc1ccc(OC2CCN(C(C)=O)CC2)c(C(=O)N2CCCC[C@@H]2CO)c1. The number of rotatable bonds is 5. The predicted octanol–water partition coefficient (Wildman–Crippen LogP) is 2.07. The number of likely N-dealkylation sites (tertiary alicyclic amines) is 2. The van der Waals surface area contributed by atoms with Crippen molar-refractivity contribution in [1.29, 1.82) is 0 Å². The Hall–Kier alpha value is -2.28. The number of aliphatic hydroxyl groups excluding tert-OH is 1. The number of methoxy groups -OCH3 is 1. The summed E-state index contributed by atoms with van der Waals surface area (Å²) in [6.07, 6.45) is 4.21. The maximum atomic E-state index is 13.3. The fourth-order valence-electron chi connectivity index (χ4n) is 3.99. The molecular weight excluding hydrogens is 360 g/mol. The molecule has 0 aliphatic carbocycles. The Morgan fingerprint density at radius 3 is 2.54 bits per heavy atom. The fourth-order valence-corrected chi connectivity index (χ4v) is 3.99. The van der Waals surface area contributed by atoms with E-state index in [4.69, 9.17) is 9.47 Å². The number of carbonyl (C=O) groups is 2. The molecule has 3 rings (SSSR count). The van der Waals surface area contributed by atoms with Gasteiger partial charge in [-0.1, -0.05) is 0 Å². The van der Waals surface area contributed by atoms with Crippen LogP contribution in [-0.2, 0) is 4.79 Å². The van der Waals surface area contributed by atoms with Crippen LogP contribution in [0.5, 0.6) is 11.5 Å². The van der Waals surface area contributed by atoms with Gasteiger partial charge in [-0.05, 0) is 37.5 Å². The van der Waals surface area contributed by atoms with E-state index in [0.29, 0.717) is 36.7 Å². The zero-order chi connectivity index (χ0) is 20.1. The van der Waals surface area contributed by atoms with Gasteiger partial charge in [-0.2, -0.15) is 0 Å². The normalized spacial score (nSPS) is 20.8. The first-order chi connectivity index (χ1) is 13.5. The van der Waals surface area contributed by atoms with Gasteiger partial charge in [-0.25, -0.2) is 0 Å². The van der Waals surface area contributed by atoms with E-state index in [1.807, 2.05) is 4.90 Å². The Balaban J connectivity index is 1.78. The van der Waals surface area contributed by atoms with Gasteiger partial charge in [0.15, 0.2) is 0 Å². The molecule has 2 heterocycles. The third-order valence-corrected chi connectivity index (χ3v) is 5.70. The second-order valence-corrected chi connectivity index (χ2v) is 7.52. The van der Waals surface area contributed by atoms with Crippen LogP contribution in [0, 0.1) is 0 Å². The third kappa shape index (κ3) is 4.58. The molecule has 1 atom stereocenters. The largest absolute Gasteiger partial charge is 0.497 e. The molecule has 2 aliphatic rings. The van der Waals surface area contributed by atoms with Crippen molar-refractivity contribution in [2.24, 2.45) is 0 Å². The lowest BCUT2D eigenvalue weighted by molar-refractivity contribution is -0.130. The van der Waals surface area contributed by atoms with E-state index in [1.165, 1.54) is 0 Å². The van der Waals surface area contributed by atoms with E-state index in [-0.39, 0.29) is 30.6 Å². The first-order valence-electron chi connectivity index (χ1n) is 10.1. The molecule has 154 valence electrons. The number of hydrogen-bond acceptors (Lipinski definition) is 5. The summed E-state index contributed by atoms with van der Waals surface area (Å²) in [6, 6.07) is 5.13. The van der Waals surface area contributed by atoms with Crippen molar-refractivity contribution >= 4 is 11.8 Å². The molecule has 2 amide bonds. The highest BCUT2D eigenvalue weighted by molar-refractivity contribution is 5.97. The smallest absolute Gasteiger partial charge is 0.258 e. The lowest BCUT2D eigenvalue weighted by Gasteiger charge is -2.35. The molecule has 0 unspecified atom stereocenters. The maximum absolute atomic E-state index is 13.3. The van der Waals surface area contributed by atoms with E-state index in [0.717, 1.165) is 32.1 Å². The molecule has 1 N–H and O–H groups in total. The van der Waals surface area contributed by atoms with Gasteiger partial charge in [0.05, 0.1) is 25.3 Å². The average molecular weight is 390 g/mol. The Bertz CT molecular complexity index is 700. The number of carbonyl (C=O) groups excluding carboxylic acids is 2. The molecule has 2 saturated heterocycles. The number of ether oxygens (including phenoxy) is 2. The Morgan fingerprint density at radius 2 is 1.89 bits per heavy atom. The van der Waals surface area contributed by atoms with Gasteiger partial charge in [0, 0.05) is 39.4 Å². The van der Waals surface area contributed by atoms with Crippen LogP contribution >= 0.6 is 0 Å². The number of piperidine rings is 2. The van der Waals surface area contributed by atoms with Crippen LogP contribution in [0.15, 0.2) is 18.2 Å². The van der Waals surface area contributed by atoms with Gasteiger partial charge in [-0.3, -0.25) is 9.59 Å². The first kappa shape index (κ1) is 20.5. The number of amides is 2. The van der Waals surface area contributed by atoms with Crippen LogP contribution in [0.3, 0.4) is 0 Å². The first-order valence-corrected chi connectivity index (χ1v) is 10.1. The monoisotopic (exact) mass is 390 g/mol. The maximum Gasteiger partial charge on any atom is 0.258 e. The van der Waals surface area contributed by atoms with Crippen molar-refractivity contribution in [3.05, 3.63) is 23.8 Å². The lowest BCUT2D eigenvalue weighted by Crippen LogP contribution is -2.46. The van der Waals surface area contributed by atoms with Crippen molar-refractivity contribution in [1.82, 2.24) is 9.80 Å². The summed E-state index contributed by atoms with van der Waals surface area (Å²) in [5.41, 5.74) is 0.466. The van der Waals surface area contributed by atoms with Crippen LogP contribution in [0.2, 0.25) is 0 Å². The molecule has 2 fully saturated rings. The second kappa shape index (κ2) is 9.28. The third-order valence-electron chi connectivity index (χ3n) is 5.70. The zero-order valence-corrected chi connectivity index (χ0v) is 16.7. The van der Waals surface area contributed by atoms with E-state index < -0.39 is 0 Å². The van der Waals surface area contributed by atoms with Crippen molar-refractivity contribution < 1.29 is 24.2 Å². The number of nitrogens with zero attached hydrogens (tertiary/aromatic N) is 2. The van der Waals surface area contributed by atoms with Crippen molar-refractivity contribution in [3.8, 4) is 11.5 Å². The van der Waals surface area contributed by atoms with Gasteiger partial charge in [0.2, 0.25) is 5.91 Å². The van der Waals surface area contributed by atoms with Gasteiger partial charge >= 0.3 is 0 Å². The van der Waals surface area contributed by atoms with Crippen molar-refractivity contribution in [3.63, 3.8) is 0 Å². The van der Waals surface area contributed by atoms with Gasteiger partial charge in [-0.15, -0.1) is 0 Å². The molecule has 7 nitrogen and oxygen atoms in total. The standard InChI is InChI=1S/C21H30N2O5/c1-15(25)22-11-8-17(9-12-22)28-20-7-6-18(27-2)13-19(20)21(26)23-10-4-3-5-16(23)14-24/h6-7,13,16-17,24H,3-5,8-12,14H2,1-2H3/t16-/m1/s1. The number of benzene rings is 1. The highest BCUT2D eigenvalue weighted by Gasteiger charge is 2.30. The van der Waals surface area contributed by atoms with Crippen molar-refractivity contribution in [2.45, 2.75) is 51.2 Å². The van der Waals surface area contributed by atoms with E-state index in [1.54, 1.807) is 37.1 Å². The van der Waals surface area contributed by atoms with Crippen LogP contribution in [0.25, 0.3) is 0 Å². The summed E-state index contributed by atoms with van der Waals surface area (Å²) < 4.78 is 11.5. The van der Waals surface area contributed by atoms with Crippen LogP contribution in [-0.4, -0.2) is 72.2 Å². The molecule has 1 aromatic rings. The summed E-state index contributed by atoms with van der Waals surface area (Å²) >= 11 is 0. The van der Waals surface area contributed by atoms with Crippen LogP contribution < -0.4 is 9.47 Å². The molecular formula is C21H30N2O5. The highest BCUT2D eigenvalue weighted by atomic mass is 16.5. The van der Waals surface area contributed by atoms with Gasteiger partial charge in [0.1, 0.15) is 17.6 Å². The minimum Gasteiger partial charge on any atom is -0.497 e. The van der Waals surface area contributed by atoms with E-state index in [9.17, 15) is 14.7 Å². The minimum absolute atomic E-state index is 0.0323. The van der Waals surface area contributed by atoms with Gasteiger partial charge < -0.3 is 24.4 Å². The Labute approximate surface area is 166 Å². The quantitative estimate of drug-likeness (QED) is 0.833. The van der Waals surface area contributed by atoms with Crippen molar-refractivity contribution in [2.75, 3.05) is 33.4 Å². The molecule has 2 aliphatic heterocycles. The molecule has 0 aromatic heterocycles. The summed E-state index contributed by atoms with van der Waals surface area (Å²) in [4.78, 5) is 28.4. The molecule has 28 heavy (non-hydrogen) atoms. The summed E-state index contributed by atoms with van der Waals surface area (Å²) in [5, 5.41) is 9.68. The molecule has 0 bridgehead atoms. The number of aliphatic hydroxyl groups is 1. The lowest BCUT2D eigenvalue weighted by atomic mass is 10.0. The molecule has 0 spiro atoms. The second-order valence-electron chi connectivity index (χ2n) is 7.52. The average Bonchev–Trinajstić information content (AvgIpc) is 2.73. The molecule has 0 saturated carbocycles. The topological polar surface area (TPSA) is 79.3 Å². The summed E-state index contributed by atoms with van der Waals surface area (Å²) in [6.45, 7) is 3.51. The highest BCUT2D eigenvalue weighted by Crippen LogP contribution is 2.30. The minimum atomic E-state index is -0.154. The van der Waals surface area contributed by atoms with E-state index >= 15 is 0 Å². The molecule has 1 aromatic carbocycles. The van der Waals surface area contributed by atoms with Crippen LogP contribution in [0.4, 0.5) is 0 Å². The van der Waals surface area contributed by atoms with E-state index in [2.05, 4.69) is 0 Å². The van der Waals surface area contributed by atoms with Gasteiger partial charge in [0.25, 0.3) is 5.91 Å². The fraction of sp³-hybridized carbons (Fsp3) is 0.619. The summed E-state index contributed by atoms with van der Waals surface area (Å²) in [7, 11) is 1.57. The zero-order valence-electron chi connectivity index (χ0n) is 16.7. The number of hydrogen-bond donors (Lipinski definition) is 1. The molecule has 7 heteroatoms. The Kier molecular flexibility index (Phi) is 6.78. The predicted molar refractivity (Wildman–Crippen MR) is 105 cm³/mol. The molecule has 0 radical (unpaired) electrons. The van der Waals surface area contributed by atoms with Crippen LogP contribution in [0.1, 0.15) is 49.4 Å². The Morgan fingerprint density at radius 1 is 1.14 bits per heavy atom.